The topological polar surface area (TPSA) is 86.6 Å². The largest absolute Gasteiger partial charge is 0.250 e. The molecule has 0 unspecified atom stereocenters. The number of nitriles is 3. The molecule has 0 heterocycles. The lowest BCUT2D eigenvalue weighted by Gasteiger charge is -2.26. The molecule has 0 saturated heterocycles. The molecule has 5 heteroatoms. The van der Waals surface area contributed by atoms with E-state index in [4.69, 9.17) is 5.26 Å². The molecule has 1 aliphatic carbocycles. The van der Waals surface area contributed by atoms with Crippen LogP contribution in [0.4, 0.5) is 0 Å². The normalized spacial score (nSPS) is 22.7. The molecule has 0 aromatic carbocycles. The molecule has 0 spiro atoms. The quantitative estimate of drug-likeness (QED) is 0.685. The summed E-state index contributed by atoms with van der Waals surface area (Å²) in [4.78, 5) is 0. The summed E-state index contributed by atoms with van der Waals surface area (Å²) in [5.41, 5.74) is 2.77. The van der Waals surface area contributed by atoms with Crippen molar-refractivity contribution in [1.82, 2.24) is 10.4 Å². The fourth-order valence-corrected chi connectivity index (χ4v) is 2.00. The van der Waals surface area contributed by atoms with Gasteiger partial charge in [-0.2, -0.15) is 15.8 Å². The average Bonchev–Trinajstić information content (AvgIpc) is 2.49. The van der Waals surface area contributed by atoms with E-state index in [-0.39, 0.29) is 11.6 Å². The van der Waals surface area contributed by atoms with Crippen molar-refractivity contribution in [3.05, 3.63) is 11.1 Å². The van der Waals surface area contributed by atoms with E-state index in [9.17, 15) is 10.5 Å². The highest BCUT2D eigenvalue weighted by Gasteiger charge is 2.49. The molecular formula is C11H13N5. The monoisotopic (exact) mass is 215 g/mol. The van der Waals surface area contributed by atoms with Gasteiger partial charge in [0.25, 0.3) is 0 Å². The predicted octanol–water partition coefficient (Wildman–Crippen LogP) is 0.699. The van der Waals surface area contributed by atoms with E-state index in [1.807, 2.05) is 18.2 Å². The summed E-state index contributed by atoms with van der Waals surface area (Å²) < 4.78 is 0. The maximum atomic E-state index is 9.20. The van der Waals surface area contributed by atoms with Crippen molar-refractivity contribution in [2.45, 2.75) is 19.4 Å². The van der Waals surface area contributed by atoms with Crippen LogP contribution in [0.3, 0.4) is 0 Å². The molecule has 1 rings (SSSR count). The van der Waals surface area contributed by atoms with Crippen molar-refractivity contribution in [3.8, 4) is 18.2 Å². The van der Waals surface area contributed by atoms with Crippen molar-refractivity contribution in [2.75, 3.05) is 14.1 Å². The van der Waals surface area contributed by atoms with Gasteiger partial charge in [-0.05, 0) is 13.3 Å². The van der Waals surface area contributed by atoms with E-state index in [2.05, 4.69) is 5.43 Å². The molecule has 0 amide bonds. The Morgan fingerprint density at radius 2 is 1.88 bits per heavy atom. The number of hydrazine groups is 1. The fraction of sp³-hybridized carbons (Fsp3) is 0.545. The minimum absolute atomic E-state index is 0.289. The highest BCUT2D eigenvalue weighted by atomic mass is 15.5. The first-order valence-electron chi connectivity index (χ1n) is 4.88. The van der Waals surface area contributed by atoms with Gasteiger partial charge in [0.15, 0.2) is 5.41 Å². The third kappa shape index (κ3) is 1.66. The molecule has 0 fully saturated rings. The molecule has 0 radical (unpaired) electrons. The minimum Gasteiger partial charge on any atom is -0.250 e. The van der Waals surface area contributed by atoms with Crippen LogP contribution in [0.1, 0.15) is 13.3 Å². The minimum atomic E-state index is -1.36. The van der Waals surface area contributed by atoms with Gasteiger partial charge < -0.3 is 0 Å². The Morgan fingerprint density at radius 1 is 1.31 bits per heavy atom. The van der Waals surface area contributed by atoms with Gasteiger partial charge in [-0.15, -0.1) is 0 Å². The van der Waals surface area contributed by atoms with Crippen LogP contribution >= 0.6 is 0 Å². The molecule has 0 saturated carbocycles. The van der Waals surface area contributed by atoms with E-state index in [0.29, 0.717) is 6.42 Å². The summed E-state index contributed by atoms with van der Waals surface area (Å²) in [6.45, 7) is 1.79. The van der Waals surface area contributed by atoms with Gasteiger partial charge in [0, 0.05) is 14.1 Å². The van der Waals surface area contributed by atoms with Gasteiger partial charge in [-0.3, -0.25) is 5.01 Å². The Morgan fingerprint density at radius 3 is 2.25 bits per heavy atom. The van der Waals surface area contributed by atoms with Crippen LogP contribution in [0.5, 0.6) is 0 Å². The molecule has 5 nitrogen and oxygen atoms in total. The molecule has 1 N–H and O–H groups in total. The van der Waals surface area contributed by atoms with Crippen LogP contribution in [-0.4, -0.2) is 25.1 Å². The zero-order valence-electron chi connectivity index (χ0n) is 9.57. The summed E-state index contributed by atoms with van der Waals surface area (Å²) in [7, 11) is 3.58. The maximum Gasteiger partial charge on any atom is 0.195 e. The van der Waals surface area contributed by atoms with Crippen molar-refractivity contribution >= 4 is 0 Å². The lowest BCUT2D eigenvalue weighted by molar-refractivity contribution is 0.212. The highest BCUT2D eigenvalue weighted by Crippen LogP contribution is 2.41. The number of hydrogen-bond donors (Lipinski definition) is 1. The molecule has 0 bridgehead atoms. The standard InChI is InChI=1S/C11H13N5/c1-8-4-10(15-16(2)3)11(6-13,7-14)9(8)5-12/h10,15H,4H2,1-3H3/t10-/m0/s1. The van der Waals surface area contributed by atoms with Gasteiger partial charge >= 0.3 is 0 Å². The molecular weight excluding hydrogens is 202 g/mol. The van der Waals surface area contributed by atoms with Crippen molar-refractivity contribution in [3.63, 3.8) is 0 Å². The second kappa shape index (κ2) is 4.33. The van der Waals surface area contributed by atoms with E-state index < -0.39 is 5.41 Å². The van der Waals surface area contributed by atoms with E-state index in [1.54, 1.807) is 26.0 Å². The SMILES string of the molecule is CC1=C(C#N)C(C#N)(C#N)[C@@H](NN(C)C)C1. The van der Waals surface area contributed by atoms with Crippen LogP contribution in [0.2, 0.25) is 0 Å². The fourth-order valence-electron chi connectivity index (χ4n) is 2.00. The zero-order valence-corrected chi connectivity index (χ0v) is 9.57. The second-order valence-corrected chi connectivity index (χ2v) is 4.08. The predicted molar refractivity (Wildman–Crippen MR) is 57.2 cm³/mol. The Hall–Kier alpha value is -1.87. The summed E-state index contributed by atoms with van der Waals surface area (Å²) in [5, 5.41) is 29.1. The van der Waals surface area contributed by atoms with Gasteiger partial charge in [-0.1, -0.05) is 5.57 Å². The molecule has 1 atom stereocenters. The van der Waals surface area contributed by atoms with E-state index >= 15 is 0 Å². The Bertz CT molecular complexity index is 426. The Kier molecular flexibility index (Phi) is 3.30. The van der Waals surface area contributed by atoms with Gasteiger partial charge in [0.05, 0.1) is 29.8 Å². The van der Waals surface area contributed by atoms with Gasteiger partial charge in [0.2, 0.25) is 0 Å². The first-order valence-corrected chi connectivity index (χ1v) is 4.88. The third-order valence-electron chi connectivity index (χ3n) is 2.73. The van der Waals surface area contributed by atoms with Crippen LogP contribution in [0, 0.1) is 39.4 Å². The molecule has 1 aliphatic rings. The van der Waals surface area contributed by atoms with E-state index in [1.165, 1.54) is 0 Å². The first kappa shape index (κ1) is 12.2. The Labute approximate surface area is 95.2 Å². The molecule has 0 aliphatic heterocycles. The first-order chi connectivity index (χ1) is 7.51. The summed E-state index contributed by atoms with van der Waals surface area (Å²) in [6.07, 6.45) is 0.544. The maximum absolute atomic E-state index is 9.20. The number of rotatable bonds is 2. The smallest absolute Gasteiger partial charge is 0.195 e. The van der Waals surface area contributed by atoms with Gasteiger partial charge in [-0.25, -0.2) is 5.43 Å². The molecule has 0 aromatic heterocycles. The number of nitrogens with zero attached hydrogens (tertiary/aromatic N) is 4. The Balaban J connectivity index is 3.19. The summed E-state index contributed by atoms with van der Waals surface area (Å²) >= 11 is 0. The van der Waals surface area contributed by atoms with Crippen LogP contribution in [0.25, 0.3) is 0 Å². The molecule has 16 heavy (non-hydrogen) atoms. The average molecular weight is 215 g/mol. The van der Waals surface area contributed by atoms with Crippen molar-refractivity contribution in [2.24, 2.45) is 5.41 Å². The zero-order chi connectivity index (χ0) is 12.3. The number of hydrogen-bond acceptors (Lipinski definition) is 5. The third-order valence-corrected chi connectivity index (χ3v) is 2.73. The van der Waals surface area contributed by atoms with Gasteiger partial charge in [0.1, 0.15) is 0 Å². The highest BCUT2D eigenvalue weighted by molar-refractivity contribution is 5.51. The van der Waals surface area contributed by atoms with Crippen LogP contribution in [-0.2, 0) is 0 Å². The molecule has 0 aromatic rings. The van der Waals surface area contributed by atoms with Crippen molar-refractivity contribution < 1.29 is 0 Å². The van der Waals surface area contributed by atoms with Crippen LogP contribution < -0.4 is 5.43 Å². The lowest BCUT2D eigenvalue weighted by Crippen LogP contribution is -2.47. The second-order valence-electron chi connectivity index (χ2n) is 4.08. The molecule has 82 valence electrons. The van der Waals surface area contributed by atoms with Crippen LogP contribution in [0.15, 0.2) is 11.1 Å². The summed E-state index contributed by atoms with van der Waals surface area (Å²) in [5.74, 6) is 0. The summed E-state index contributed by atoms with van der Waals surface area (Å²) in [6, 6.07) is 5.60. The van der Waals surface area contributed by atoms with E-state index in [0.717, 1.165) is 5.57 Å². The lowest BCUT2D eigenvalue weighted by atomic mass is 9.81. The number of nitrogens with one attached hydrogen (secondary N) is 1. The van der Waals surface area contributed by atoms with Crippen molar-refractivity contribution in [1.29, 1.82) is 15.8 Å².